The molecule has 0 aliphatic rings. The number of hydrogen-bond donors (Lipinski definition) is 3. The van der Waals surface area contributed by atoms with Crippen LogP contribution in [0.1, 0.15) is 37.6 Å². The maximum absolute atomic E-state index is 12.1. The first-order chi connectivity index (χ1) is 13.1. The Morgan fingerprint density at radius 3 is 2.67 bits per heavy atom. The Labute approximate surface area is 162 Å². The highest BCUT2D eigenvalue weighted by Crippen LogP contribution is 2.12. The quantitative estimate of drug-likeness (QED) is 0.294. The molecule has 0 saturated carbocycles. The first kappa shape index (κ1) is 22.8. The van der Waals surface area contributed by atoms with Gasteiger partial charge in [0.2, 0.25) is 0 Å². The lowest BCUT2D eigenvalue weighted by molar-refractivity contribution is 0.0954. The van der Waals surface area contributed by atoms with Crippen molar-refractivity contribution in [2.75, 3.05) is 46.5 Å². The van der Waals surface area contributed by atoms with Gasteiger partial charge in [0.05, 0.1) is 7.11 Å². The molecule has 0 spiro atoms. The Morgan fingerprint density at radius 2 is 1.96 bits per heavy atom. The highest BCUT2D eigenvalue weighted by Gasteiger charge is 2.06. The molecule has 7 nitrogen and oxygen atoms in total. The largest absolute Gasteiger partial charge is 0.497 e. The van der Waals surface area contributed by atoms with E-state index in [0.717, 1.165) is 32.1 Å². The minimum Gasteiger partial charge on any atom is -0.497 e. The summed E-state index contributed by atoms with van der Waals surface area (Å²) in [5.74, 6) is 1.84. The third-order valence-electron chi connectivity index (χ3n) is 3.55. The highest BCUT2D eigenvalue weighted by atomic mass is 16.5. The van der Waals surface area contributed by atoms with E-state index in [1.165, 1.54) is 0 Å². The Balaban J connectivity index is 2.28. The molecular formula is C20H34N4O3. The van der Waals surface area contributed by atoms with Crippen molar-refractivity contribution in [3.8, 4) is 5.75 Å². The molecule has 1 amide bonds. The number of nitrogens with one attached hydrogen (secondary N) is 3. The molecule has 0 unspecified atom stereocenters. The third kappa shape index (κ3) is 10.5. The molecule has 1 aromatic carbocycles. The predicted octanol–water partition coefficient (Wildman–Crippen LogP) is 2.04. The molecule has 0 heterocycles. The van der Waals surface area contributed by atoms with Crippen molar-refractivity contribution >= 4 is 11.9 Å². The van der Waals surface area contributed by atoms with Gasteiger partial charge in [-0.2, -0.15) is 0 Å². The van der Waals surface area contributed by atoms with Crippen molar-refractivity contribution in [1.82, 2.24) is 16.0 Å². The van der Waals surface area contributed by atoms with Gasteiger partial charge in [0.25, 0.3) is 5.91 Å². The van der Waals surface area contributed by atoms with Crippen LogP contribution in [0, 0.1) is 5.92 Å². The van der Waals surface area contributed by atoms with Gasteiger partial charge in [-0.3, -0.25) is 9.79 Å². The van der Waals surface area contributed by atoms with E-state index in [1.807, 2.05) is 13.0 Å². The summed E-state index contributed by atoms with van der Waals surface area (Å²) in [6.07, 6.45) is 0.885. The number of guanidine groups is 1. The number of nitrogens with zero attached hydrogens (tertiary/aromatic N) is 1. The van der Waals surface area contributed by atoms with Gasteiger partial charge in [0.15, 0.2) is 5.96 Å². The monoisotopic (exact) mass is 378 g/mol. The maximum atomic E-state index is 12.1. The van der Waals surface area contributed by atoms with E-state index >= 15 is 0 Å². The number of ether oxygens (including phenoxy) is 2. The molecule has 7 heteroatoms. The van der Waals surface area contributed by atoms with Gasteiger partial charge in [-0.15, -0.1) is 0 Å². The van der Waals surface area contributed by atoms with E-state index in [0.29, 0.717) is 36.9 Å². The Bertz CT molecular complexity index is 576. The Morgan fingerprint density at radius 1 is 1.19 bits per heavy atom. The SMILES string of the molecule is CCNC(=NCCCOCC(C)C)NCCNC(=O)c1cccc(OC)c1. The van der Waals surface area contributed by atoms with Crippen LogP contribution in [0.2, 0.25) is 0 Å². The van der Waals surface area contributed by atoms with Crippen LogP contribution < -0.4 is 20.7 Å². The van der Waals surface area contributed by atoms with E-state index in [9.17, 15) is 4.79 Å². The van der Waals surface area contributed by atoms with Crippen LogP contribution in [-0.4, -0.2) is 58.4 Å². The summed E-state index contributed by atoms with van der Waals surface area (Å²) in [6, 6.07) is 7.09. The first-order valence-corrected chi connectivity index (χ1v) is 9.59. The molecule has 0 aliphatic carbocycles. The van der Waals surface area contributed by atoms with Crippen LogP contribution in [0.4, 0.5) is 0 Å². The summed E-state index contributed by atoms with van der Waals surface area (Å²) < 4.78 is 10.7. The lowest BCUT2D eigenvalue weighted by atomic mass is 10.2. The van der Waals surface area contributed by atoms with Crippen molar-refractivity contribution < 1.29 is 14.3 Å². The molecule has 0 bridgehead atoms. The number of rotatable bonds is 12. The lowest BCUT2D eigenvalue weighted by Crippen LogP contribution is -2.41. The molecule has 0 atom stereocenters. The summed E-state index contributed by atoms with van der Waals surface area (Å²) >= 11 is 0. The van der Waals surface area contributed by atoms with Gasteiger partial charge in [-0.05, 0) is 37.5 Å². The molecule has 0 aliphatic heterocycles. The molecule has 0 aromatic heterocycles. The zero-order valence-electron chi connectivity index (χ0n) is 17.0. The number of methoxy groups -OCH3 is 1. The summed E-state index contributed by atoms with van der Waals surface area (Å²) in [5, 5.41) is 9.30. The molecular weight excluding hydrogens is 344 g/mol. The second kappa shape index (κ2) is 13.9. The fourth-order valence-corrected chi connectivity index (χ4v) is 2.24. The fourth-order valence-electron chi connectivity index (χ4n) is 2.24. The number of benzene rings is 1. The number of amides is 1. The van der Waals surface area contributed by atoms with Crippen molar-refractivity contribution in [2.45, 2.75) is 27.2 Å². The van der Waals surface area contributed by atoms with Gasteiger partial charge in [0, 0.05) is 45.0 Å². The second-order valence-corrected chi connectivity index (χ2v) is 6.50. The molecule has 1 aromatic rings. The third-order valence-corrected chi connectivity index (χ3v) is 3.55. The van der Waals surface area contributed by atoms with E-state index in [-0.39, 0.29) is 5.91 Å². The Kier molecular flexibility index (Phi) is 11.7. The fraction of sp³-hybridized carbons (Fsp3) is 0.600. The normalized spacial score (nSPS) is 11.4. The number of carbonyl (C=O) groups is 1. The molecule has 3 N–H and O–H groups in total. The van der Waals surface area contributed by atoms with Crippen molar-refractivity contribution in [2.24, 2.45) is 10.9 Å². The highest BCUT2D eigenvalue weighted by molar-refractivity contribution is 5.94. The van der Waals surface area contributed by atoms with Crippen LogP contribution >= 0.6 is 0 Å². The Hall–Kier alpha value is -2.28. The summed E-state index contributed by atoms with van der Waals surface area (Å²) in [6.45, 7) is 10.4. The minimum atomic E-state index is -0.125. The molecule has 0 radical (unpaired) electrons. The van der Waals surface area contributed by atoms with Crippen molar-refractivity contribution in [3.63, 3.8) is 0 Å². The zero-order valence-corrected chi connectivity index (χ0v) is 17.0. The standard InChI is InChI=1S/C20H34N4O3/c1-5-21-20(23-10-7-13-27-15-16(2)3)24-12-11-22-19(25)17-8-6-9-18(14-17)26-4/h6,8-9,14,16H,5,7,10-13,15H2,1-4H3,(H,22,25)(H2,21,23,24). The predicted molar refractivity (Wildman–Crippen MR) is 110 cm³/mol. The summed E-state index contributed by atoms with van der Waals surface area (Å²) in [5.41, 5.74) is 0.580. The average molecular weight is 379 g/mol. The van der Waals surface area contributed by atoms with Gasteiger partial charge in [0.1, 0.15) is 5.75 Å². The van der Waals surface area contributed by atoms with E-state index in [2.05, 4.69) is 34.8 Å². The van der Waals surface area contributed by atoms with Crippen LogP contribution in [0.25, 0.3) is 0 Å². The van der Waals surface area contributed by atoms with Gasteiger partial charge < -0.3 is 25.4 Å². The topological polar surface area (TPSA) is 84.0 Å². The zero-order chi connectivity index (χ0) is 19.9. The molecule has 1 rings (SSSR count). The van der Waals surface area contributed by atoms with E-state index in [4.69, 9.17) is 9.47 Å². The maximum Gasteiger partial charge on any atom is 0.251 e. The average Bonchev–Trinajstić information content (AvgIpc) is 2.67. The van der Waals surface area contributed by atoms with Crippen LogP contribution in [0.3, 0.4) is 0 Å². The lowest BCUT2D eigenvalue weighted by Gasteiger charge is -2.12. The van der Waals surface area contributed by atoms with Crippen molar-refractivity contribution in [1.29, 1.82) is 0 Å². The first-order valence-electron chi connectivity index (χ1n) is 9.59. The van der Waals surface area contributed by atoms with E-state index < -0.39 is 0 Å². The summed E-state index contributed by atoms with van der Waals surface area (Å²) in [7, 11) is 1.58. The number of hydrogen-bond acceptors (Lipinski definition) is 4. The minimum absolute atomic E-state index is 0.125. The smallest absolute Gasteiger partial charge is 0.251 e. The van der Waals surface area contributed by atoms with Crippen molar-refractivity contribution in [3.05, 3.63) is 29.8 Å². The summed E-state index contributed by atoms with van der Waals surface area (Å²) in [4.78, 5) is 16.7. The van der Waals surface area contributed by atoms with Gasteiger partial charge >= 0.3 is 0 Å². The molecule has 27 heavy (non-hydrogen) atoms. The number of aliphatic imine (C=N–C) groups is 1. The molecule has 0 saturated heterocycles. The van der Waals surface area contributed by atoms with E-state index in [1.54, 1.807) is 25.3 Å². The molecule has 152 valence electrons. The second-order valence-electron chi connectivity index (χ2n) is 6.50. The van der Waals surface area contributed by atoms with Crippen LogP contribution in [0.5, 0.6) is 5.75 Å². The van der Waals surface area contributed by atoms with Gasteiger partial charge in [-0.1, -0.05) is 19.9 Å². The van der Waals surface area contributed by atoms with Crippen LogP contribution in [0.15, 0.2) is 29.3 Å². The van der Waals surface area contributed by atoms with Gasteiger partial charge in [-0.25, -0.2) is 0 Å². The molecule has 0 fully saturated rings. The number of carbonyl (C=O) groups excluding carboxylic acids is 1. The van der Waals surface area contributed by atoms with Crippen LogP contribution in [-0.2, 0) is 4.74 Å².